The molecular weight excluding hydrogens is 387 g/mol. The molecule has 11 heteroatoms. The quantitative estimate of drug-likeness (QED) is 0.269. The third-order valence-corrected chi connectivity index (χ3v) is 4.13. The van der Waals surface area contributed by atoms with Crippen LogP contribution in [-0.2, 0) is 5.92 Å². The average molecular weight is 401 g/mol. The van der Waals surface area contributed by atoms with Crippen LogP contribution in [0.2, 0.25) is 0 Å². The molecule has 0 aliphatic carbocycles. The van der Waals surface area contributed by atoms with E-state index in [4.69, 9.17) is 5.21 Å². The number of hydrogen-bond donors (Lipinski definition) is 3. The first kappa shape index (κ1) is 18.5. The van der Waals surface area contributed by atoms with Gasteiger partial charge in [0.2, 0.25) is 5.82 Å². The number of oxime groups is 1. The van der Waals surface area contributed by atoms with E-state index < -0.39 is 23.1 Å². The lowest BCUT2D eigenvalue weighted by Crippen LogP contribution is -2.21. The molecule has 0 atom stereocenters. The summed E-state index contributed by atoms with van der Waals surface area (Å²) in [5.74, 6) is -4.57. The van der Waals surface area contributed by atoms with Crippen LogP contribution in [0, 0.1) is 12.7 Å². The number of aryl methyl sites for hydroxylation is 1. The molecule has 0 unspecified atom stereocenters. The zero-order valence-corrected chi connectivity index (χ0v) is 14.9. The zero-order valence-electron chi connectivity index (χ0n) is 14.9. The van der Waals surface area contributed by atoms with E-state index in [1.165, 1.54) is 10.7 Å². The highest BCUT2D eigenvalue weighted by Gasteiger charge is 2.39. The summed E-state index contributed by atoms with van der Waals surface area (Å²) < 4.78 is 44.4. The van der Waals surface area contributed by atoms with E-state index in [9.17, 15) is 4.39 Å². The van der Waals surface area contributed by atoms with Crippen LogP contribution in [0.1, 0.15) is 22.6 Å². The van der Waals surface area contributed by atoms with E-state index in [1.807, 2.05) is 0 Å². The maximum atomic E-state index is 15.0. The van der Waals surface area contributed by atoms with E-state index in [0.29, 0.717) is 16.9 Å². The standard InChI is InChI=1S/C18H14F3N7O/c1-10-6-15(26-25-10)23-16-14-7-11(8-22-29)9-28(14)27-17(24-16)18(20,21)12-2-4-13(19)5-3-12/h2-9,29H,1H3,(H2,23,24,25,26,27). The molecule has 0 saturated heterocycles. The third kappa shape index (κ3) is 3.49. The van der Waals surface area contributed by atoms with Crippen LogP contribution < -0.4 is 5.32 Å². The number of nitrogens with one attached hydrogen (secondary N) is 2. The van der Waals surface area contributed by atoms with Gasteiger partial charge in [0.05, 0.1) is 6.21 Å². The number of aromatic nitrogens is 5. The molecule has 3 aromatic heterocycles. The molecule has 0 aliphatic rings. The molecular formula is C18H14F3N7O. The van der Waals surface area contributed by atoms with Crippen LogP contribution in [0.25, 0.3) is 5.52 Å². The number of nitrogens with zero attached hydrogens (tertiary/aromatic N) is 5. The maximum absolute atomic E-state index is 15.0. The van der Waals surface area contributed by atoms with E-state index in [1.54, 1.807) is 19.1 Å². The fourth-order valence-corrected chi connectivity index (χ4v) is 2.77. The van der Waals surface area contributed by atoms with Crippen LogP contribution in [-0.4, -0.2) is 36.2 Å². The van der Waals surface area contributed by atoms with Crippen molar-refractivity contribution in [2.75, 3.05) is 5.32 Å². The van der Waals surface area contributed by atoms with Crippen molar-refractivity contribution in [2.24, 2.45) is 5.16 Å². The predicted molar refractivity (Wildman–Crippen MR) is 98.4 cm³/mol. The Labute approximate surface area is 161 Å². The molecule has 148 valence electrons. The minimum Gasteiger partial charge on any atom is -0.411 e. The summed E-state index contributed by atoms with van der Waals surface area (Å²) in [6.07, 6.45) is 2.54. The lowest BCUT2D eigenvalue weighted by Gasteiger charge is -2.16. The molecule has 4 rings (SSSR count). The van der Waals surface area contributed by atoms with Crippen molar-refractivity contribution in [3.05, 3.63) is 71.1 Å². The Morgan fingerprint density at radius 3 is 2.66 bits per heavy atom. The molecule has 4 aromatic rings. The summed E-state index contributed by atoms with van der Waals surface area (Å²) in [6.45, 7) is 1.79. The maximum Gasteiger partial charge on any atom is 0.333 e. The number of fused-ring (bicyclic) bond motifs is 1. The van der Waals surface area contributed by atoms with Gasteiger partial charge in [0.25, 0.3) is 0 Å². The number of alkyl halides is 2. The van der Waals surface area contributed by atoms with E-state index >= 15 is 8.78 Å². The Bertz CT molecular complexity index is 1200. The van der Waals surface area contributed by atoms with Gasteiger partial charge in [-0.05, 0) is 37.3 Å². The molecule has 1 aromatic carbocycles. The molecule has 0 aliphatic heterocycles. The Balaban J connectivity index is 1.86. The van der Waals surface area contributed by atoms with E-state index in [2.05, 4.69) is 30.8 Å². The number of hydrogen-bond acceptors (Lipinski definition) is 6. The van der Waals surface area contributed by atoms with Crippen LogP contribution in [0.3, 0.4) is 0 Å². The summed E-state index contributed by atoms with van der Waals surface area (Å²) >= 11 is 0. The van der Waals surface area contributed by atoms with Crippen LogP contribution in [0.5, 0.6) is 0 Å². The molecule has 0 bridgehead atoms. The van der Waals surface area contributed by atoms with Crippen LogP contribution in [0.15, 0.2) is 47.8 Å². The minimum absolute atomic E-state index is 0.0703. The highest BCUT2D eigenvalue weighted by atomic mass is 19.3. The Morgan fingerprint density at radius 2 is 2.00 bits per heavy atom. The molecule has 3 heterocycles. The normalized spacial score (nSPS) is 12.1. The van der Waals surface area contributed by atoms with Gasteiger partial charge in [0.1, 0.15) is 11.3 Å². The zero-order chi connectivity index (χ0) is 20.6. The minimum atomic E-state index is -3.59. The largest absolute Gasteiger partial charge is 0.411 e. The van der Waals surface area contributed by atoms with Crippen LogP contribution in [0.4, 0.5) is 24.8 Å². The Morgan fingerprint density at radius 1 is 1.24 bits per heavy atom. The van der Waals surface area contributed by atoms with Gasteiger partial charge in [-0.1, -0.05) is 5.16 Å². The van der Waals surface area contributed by atoms with E-state index in [-0.39, 0.29) is 5.82 Å². The van der Waals surface area contributed by atoms with Crippen LogP contribution >= 0.6 is 0 Å². The van der Waals surface area contributed by atoms with Gasteiger partial charge >= 0.3 is 5.92 Å². The number of benzene rings is 1. The third-order valence-electron chi connectivity index (χ3n) is 4.13. The van der Waals surface area contributed by atoms with Gasteiger partial charge in [-0.2, -0.15) is 13.9 Å². The molecule has 0 saturated carbocycles. The van der Waals surface area contributed by atoms with Gasteiger partial charge in [0.15, 0.2) is 11.6 Å². The summed E-state index contributed by atoms with van der Waals surface area (Å²) in [5.41, 5.74) is 1.09. The fraction of sp³-hybridized carbons (Fsp3) is 0.111. The van der Waals surface area contributed by atoms with Gasteiger partial charge < -0.3 is 10.5 Å². The van der Waals surface area contributed by atoms with Crippen molar-refractivity contribution >= 4 is 23.4 Å². The number of halogens is 3. The first-order valence-electron chi connectivity index (χ1n) is 8.38. The number of anilines is 2. The lowest BCUT2D eigenvalue weighted by molar-refractivity contribution is 0.0315. The second-order valence-corrected chi connectivity index (χ2v) is 6.27. The van der Waals surface area contributed by atoms with Crippen molar-refractivity contribution < 1.29 is 18.4 Å². The Kier molecular flexibility index (Phi) is 4.41. The van der Waals surface area contributed by atoms with Crippen molar-refractivity contribution in [1.29, 1.82) is 0 Å². The van der Waals surface area contributed by atoms with Gasteiger partial charge in [0, 0.05) is 29.1 Å². The smallest absolute Gasteiger partial charge is 0.333 e. The van der Waals surface area contributed by atoms with E-state index in [0.717, 1.165) is 36.2 Å². The first-order valence-corrected chi connectivity index (χ1v) is 8.38. The van der Waals surface area contributed by atoms with Crippen molar-refractivity contribution in [3.8, 4) is 0 Å². The molecule has 0 spiro atoms. The first-order chi connectivity index (χ1) is 13.9. The second-order valence-electron chi connectivity index (χ2n) is 6.27. The highest BCUT2D eigenvalue weighted by molar-refractivity contribution is 5.85. The van der Waals surface area contributed by atoms with Gasteiger partial charge in [-0.15, -0.1) is 5.10 Å². The highest BCUT2D eigenvalue weighted by Crippen LogP contribution is 2.35. The van der Waals surface area contributed by atoms with Gasteiger partial charge in [-0.3, -0.25) is 5.10 Å². The van der Waals surface area contributed by atoms with Crippen molar-refractivity contribution in [1.82, 2.24) is 24.8 Å². The summed E-state index contributed by atoms with van der Waals surface area (Å²) in [4.78, 5) is 4.00. The topological polar surface area (TPSA) is 103 Å². The molecule has 3 N–H and O–H groups in total. The number of rotatable bonds is 5. The molecule has 29 heavy (non-hydrogen) atoms. The second kappa shape index (κ2) is 6.93. The van der Waals surface area contributed by atoms with Crippen molar-refractivity contribution in [3.63, 3.8) is 0 Å². The number of H-pyrrole nitrogens is 1. The average Bonchev–Trinajstić information content (AvgIpc) is 3.28. The SMILES string of the molecule is Cc1cc(Nc2nc(C(F)(F)c3ccc(F)cc3)nn3cc(C=NO)cc23)n[nH]1. The van der Waals surface area contributed by atoms with Gasteiger partial charge in [-0.25, -0.2) is 13.9 Å². The molecule has 0 radical (unpaired) electrons. The molecule has 0 amide bonds. The predicted octanol–water partition coefficient (Wildman–Crippen LogP) is 3.59. The lowest BCUT2D eigenvalue weighted by atomic mass is 10.1. The Hall–Kier alpha value is -3.89. The molecule has 8 nitrogen and oxygen atoms in total. The molecule has 0 fully saturated rings. The summed E-state index contributed by atoms with van der Waals surface area (Å²) in [5, 5.41) is 25.2. The number of aromatic amines is 1. The summed E-state index contributed by atoms with van der Waals surface area (Å²) in [7, 11) is 0. The monoisotopic (exact) mass is 401 g/mol. The fourth-order valence-electron chi connectivity index (χ4n) is 2.77. The summed E-state index contributed by atoms with van der Waals surface area (Å²) in [6, 6.07) is 7.08. The van der Waals surface area contributed by atoms with Crippen molar-refractivity contribution in [2.45, 2.75) is 12.8 Å².